The summed E-state index contributed by atoms with van der Waals surface area (Å²) in [6.07, 6.45) is 1.55. The number of rotatable bonds is 6. The molecule has 5 nitrogen and oxygen atoms in total. The second-order valence-electron chi connectivity index (χ2n) is 5.43. The fraction of sp³-hybridized carbons (Fsp3) is 0.353. The number of aliphatic hydroxyl groups is 1. The summed E-state index contributed by atoms with van der Waals surface area (Å²) in [5.74, 6) is 1.15. The summed E-state index contributed by atoms with van der Waals surface area (Å²) >= 11 is 5.88. The van der Waals surface area contributed by atoms with Crippen molar-refractivity contribution < 1.29 is 9.52 Å². The van der Waals surface area contributed by atoms with Gasteiger partial charge in [-0.15, -0.1) is 24.0 Å². The third-order valence-corrected chi connectivity index (χ3v) is 3.58. The molecule has 24 heavy (non-hydrogen) atoms. The first-order valence-corrected chi connectivity index (χ1v) is 7.92. The number of furan rings is 1. The van der Waals surface area contributed by atoms with Gasteiger partial charge in [0.25, 0.3) is 0 Å². The maximum atomic E-state index is 10.5. The van der Waals surface area contributed by atoms with Gasteiger partial charge >= 0.3 is 0 Å². The molecule has 0 amide bonds. The van der Waals surface area contributed by atoms with E-state index in [2.05, 4.69) is 15.6 Å². The topological polar surface area (TPSA) is 69.8 Å². The van der Waals surface area contributed by atoms with Gasteiger partial charge in [-0.05, 0) is 43.7 Å². The average molecular weight is 464 g/mol. The molecule has 0 saturated heterocycles. The maximum absolute atomic E-state index is 10.5. The molecule has 0 aliphatic heterocycles. The Morgan fingerprint density at radius 1 is 1.25 bits per heavy atom. The summed E-state index contributed by atoms with van der Waals surface area (Å²) in [5, 5.41) is 17.4. The molecule has 1 aromatic carbocycles. The summed E-state index contributed by atoms with van der Waals surface area (Å²) in [4.78, 5) is 4.51. The molecule has 1 heterocycles. The van der Waals surface area contributed by atoms with Gasteiger partial charge in [0.2, 0.25) is 0 Å². The first-order chi connectivity index (χ1) is 11.0. The van der Waals surface area contributed by atoms with Gasteiger partial charge in [0, 0.05) is 11.6 Å². The van der Waals surface area contributed by atoms with Crippen LogP contribution in [0.3, 0.4) is 0 Å². The largest absolute Gasteiger partial charge is 0.466 e. The molecule has 132 valence electrons. The van der Waals surface area contributed by atoms with Crippen LogP contribution >= 0.6 is 35.6 Å². The van der Waals surface area contributed by atoms with Gasteiger partial charge in [-0.2, -0.15) is 0 Å². The quantitative estimate of drug-likeness (QED) is 0.348. The van der Waals surface area contributed by atoms with Gasteiger partial charge in [0.05, 0.1) is 19.4 Å². The van der Waals surface area contributed by atoms with Crippen LogP contribution in [-0.2, 0) is 12.1 Å². The van der Waals surface area contributed by atoms with Crippen LogP contribution in [0, 0.1) is 0 Å². The highest BCUT2D eigenvalue weighted by Gasteiger charge is 2.26. The van der Waals surface area contributed by atoms with Crippen LogP contribution in [0.5, 0.6) is 0 Å². The third-order valence-electron chi connectivity index (χ3n) is 3.33. The molecule has 7 heteroatoms. The van der Waals surface area contributed by atoms with E-state index in [-0.39, 0.29) is 30.5 Å². The molecule has 2 rings (SSSR count). The van der Waals surface area contributed by atoms with E-state index in [9.17, 15) is 5.11 Å². The fourth-order valence-corrected chi connectivity index (χ4v) is 2.16. The fourth-order valence-electron chi connectivity index (χ4n) is 2.03. The summed E-state index contributed by atoms with van der Waals surface area (Å²) in [6, 6.07) is 11.1. The number of nitrogens with one attached hydrogen (secondary N) is 2. The maximum Gasteiger partial charge on any atom is 0.191 e. The minimum Gasteiger partial charge on any atom is -0.466 e. The Balaban J connectivity index is 0.00000288. The van der Waals surface area contributed by atoms with Crippen molar-refractivity contribution in [3.8, 4) is 0 Å². The molecule has 1 aromatic heterocycles. The van der Waals surface area contributed by atoms with E-state index in [1.54, 1.807) is 25.3 Å². The highest BCUT2D eigenvalue weighted by atomic mass is 127. The van der Waals surface area contributed by atoms with Crippen LogP contribution in [-0.4, -0.2) is 24.2 Å². The SMILES string of the molecule is CCNC(=NCc1ccc(Cl)cc1)NCC(C)(O)c1ccco1.I. The number of halogens is 2. The van der Waals surface area contributed by atoms with E-state index >= 15 is 0 Å². The van der Waals surface area contributed by atoms with Crippen LogP contribution in [0.1, 0.15) is 25.2 Å². The lowest BCUT2D eigenvalue weighted by Gasteiger charge is -2.22. The van der Waals surface area contributed by atoms with Crippen molar-refractivity contribution in [2.75, 3.05) is 13.1 Å². The van der Waals surface area contributed by atoms with Crippen LogP contribution < -0.4 is 10.6 Å². The van der Waals surface area contributed by atoms with E-state index < -0.39 is 5.60 Å². The zero-order valence-corrected chi connectivity index (χ0v) is 16.8. The van der Waals surface area contributed by atoms with Gasteiger partial charge in [-0.1, -0.05) is 23.7 Å². The van der Waals surface area contributed by atoms with E-state index in [0.29, 0.717) is 23.3 Å². The molecule has 0 aliphatic rings. The molecule has 0 aliphatic carbocycles. The predicted molar refractivity (Wildman–Crippen MR) is 108 cm³/mol. The Hall–Kier alpha value is -1.25. The van der Waals surface area contributed by atoms with Crippen molar-refractivity contribution in [2.24, 2.45) is 4.99 Å². The number of guanidine groups is 1. The molecular weight excluding hydrogens is 441 g/mol. The summed E-state index contributed by atoms with van der Waals surface area (Å²) in [6.45, 7) is 5.23. The lowest BCUT2D eigenvalue weighted by atomic mass is 10.0. The van der Waals surface area contributed by atoms with Gasteiger partial charge in [0.1, 0.15) is 11.4 Å². The Kier molecular flexibility index (Phi) is 8.58. The van der Waals surface area contributed by atoms with Crippen molar-refractivity contribution in [3.05, 3.63) is 59.0 Å². The first-order valence-electron chi connectivity index (χ1n) is 7.54. The second kappa shape index (κ2) is 9.90. The molecule has 3 N–H and O–H groups in total. The normalized spacial score (nSPS) is 13.8. The van der Waals surface area contributed by atoms with Crippen LogP contribution in [0.2, 0.25) is 5.02 Å². The van der Waals surface area contributed by atoms with Crippen LogP contribution in [0.25, 0.3) is 0 Å². The highest BCUT2D eigenvalue weighted by molar-refractivity contribution is 14.0. The van der Waals surface area contributed by atoms with E-state index in [1.165, 1.54) is 0 Å². The molecule has 2 aromatic rings. The molecule has 1 unspecified atom stereocenters. The van der Waals surface area contributed by atoms with Gasteiger partial charge in [-0.25, -0.2) is 4.99 Å². The predicted octanol–water partition coefficient (Wildman–Crippen LogP) is 3.51. The molecule has 0 fully saturated rings. The third kappa shape index (κ3) is 6.33. The number of hydrogen-bond acceptors (Lipinski definition) is 3. The van der Waals surface area contributed by atoms with Crippen molar-refractivity contribution in [2.45, 2.75) is 26.0 Å². The van der Waals surface area contributed by atoms with Gasteiger partial charge in [0.15, 0.2) is 5.96 Å². The lowest BCUT2D eigenvalue weighted by molar-refractivity contribution is 0.0386. The van der Waals surface area contributed by atoms with Gasteiger partial charge < -0.3 is 20.2 Å². The molecule has 0 radical (unpaired) electrons. The van der Waals surface area contributed by atoms with Crippen molar-refractivity contribution in [1.82, 2.24) is 10.6 Å². The zero-order valence-electron chi connectivity index (χ0n) is 13.8. The van der Waals surface area contributed by atoms with E-state index in [4.69, 9.17) is 16.0 Å². The minimum atomic E-state index is -1.11. The number of aliphatic imine (C=N–C) groups is 1. The second-order valence-corrected chi connectivity index (χ2v) is 5.86. The monoisotopic (exact) mass is 463 g/mol. The first kappa shape index (κ1) is 20.8. The highest BCUT2D eigenvalue weighted by Crippen LogP contribution is 2.19. The van der Waals surface area contributed by atoms with E-state index in [1.807, 2.05) is 31.2 Å². The number of nitrogens with zero attached hydrogens (tertiary/aromatic N) is 1. The van der Waals surface area contributed by atoms with Crippen molar-refractivity contribution >= 4 is 41.5 Å². The zero-order chi connectivity index (χ0) is 16.7. The molecular formula is C17H23ClIN3O2. The van der Waals surface area contributed by atoms with Crippen LogP contribution in [0.15, 0.2) is 52.1 Å². The summed E-state index contributed by atoms with van der Waals surface area (Å²) in [7, 11) is 0. The Labute approximate surface area is 164 Å². The Morgan fingerprint density at radius 3 is 2.54 bits per heavy atom. The number of hydrogen-bond donors (Lipinski definition) is 3. The molecule has 1 atom stereocenters. The Morgan fingerprint density at radius 2 is 1.96 bits per heavy atom. The molecule has 0 bridgehead atoms. The van der Waals surface area contributed by atoms with Gasteiger partial charge in [-0.3, -0.25) is 0 Å². The minimum absolute atomic E-state index is 0. The average Bonchev–Trinajstić information content (AvgIpc) is 3.07. The van der Waals surface area contributed by atoms with Crippen LogP contribution in [0.4, 0.5) is 0 Å². The van der Waals surface area contributed by atoms with Crippen molar-refractivity contribution in [1.29, 1.82) is 0 Å². The smallest absolute Gasteiger partial charge is 0.191 e. The standard InChI is InChI=1S/C17H22ClN3O2.HI/c1-3-19-16(20-11-13-6-8-14(18)9-7-13)21-12-17(2,22)15-5-4-10-23-15;/h4-10,22H,3,11-12H2,1-2H3,(H2,19,20,21);1H. The molecule has 0 saturated carbocycles. The number of benzene rings is 1. The summed E-state index contributed by atoms with van der Waals surface area (Å²) in [5.41, 5.74) is -0.0515. The molecule has 0 spiro atoms. The van der Waals surface area contributed by atoms with E-state index in [0.717, 1.165) is 12.1 Å². The Bertz CT molecular complexity index is 628. The van der Waals surface area contributed by atoms with Crippen molar-refractivity contribution in [3.63, 3.8) is 0 Å². The summed E-state index contributed by atoms with van der Waals surface area (Å²) < 4.78 is 5.27. The lowest BCUT2D eigenvalue weighted by Crippen LogP contribution is -2.44.